The zero-order valence-electron chi connectivity index (χ0n) is 14.8. The summed E-state index contributed by atoms with van der Waals surface area (Å²) in [4.78, 5) is 16.4. The van der Waals surface area contributed by atoms with E-state index >= 15 is 0 Å². The summed E-state index contributed by atoms with van der Waals surface area (Å²) in [7, 11) is 0. The molecule has 5 nitrogen and oxygen atoms in total. The number of hydroxylamine groups is 2. The minimum Gasteiger partial charge on any atom is -0.460 e. The van der Waals surface area contributed by atoms with Crippen LogP contribution in [0.2, 0.25) is 5.02 Å². The molecule has 27 heavy (non-hydrogen) atoms. The highest BCUT2D eigenvalue weighted by atomic mass is 35.5. The molecule has 0 radical (unpaired) electrons. The van der Waals surface area contributed by atoms with Crippen molar-refractivity contribution in [2.75, 3.05) is 6.54 Å². The van der Waals surface area contributed by atoms with Gasteiger partial charge in [0.1, 0.15) is 5.82 Å². The molecule has 2 aromatic carbocycles. The number of carbonyl (C=O) groups is 1. The number of carbonyl (C=O) groups excluding carboxylic acids is 1. The Morgan fingerprint density at radius 1 is 1.33 bits per heavy atom. The van der Waals surface area contributed by atoms with Crippen molar-refractivity contribution in [1.82, 2.24) is 5.06 Å². The highest BCUT2D eigenvalue weighted by Crippen LogP contribution is 2.21. The van der Waals surface area contributed by atoms with Gasteiger partial charge in [0.25, 0.3) is 0 Å². The number of halogens is 2. The third-order valence-electron chi connectivity index (χ3n) is 3.81. The number of hydrogen-bond acceptors (Lipinski definition) is 5. The average molecular weight is 389 g/mol. The molecule has 2 aromatic rings. The molecule has 0 spiro atoms. The molecule has 1 aliphatic heterocycles. The molecule has 7 heteroatoms. The maximum Gasteiger partial charge on any atom is 0.332 e. The summed E-state index contributed by atoms with van der Waals surface area (Å²) in [5.41, 5.74) is 0.692. The van der Waals surface area contributed by atoms with Crippen LogP contribution in [-0.4, -0.2) is 28.9 Å². The van der Waals surface area contributed by atoms with Crippen molar-refractivity contribution in [2.45, 2.75) is 20.0 Å². The van der Waals surface area contributed by atoms with Crippen LogP contribution in [0, 0.1) is 5.82 Å². The number of rotatable bonds is 3. The Hall–Kier alpha value is -2.70. The van der Waals surface area contributed by atoms with Gasteiger partial charge in [-0.25, -0.2) is 14.2 Å². The molecule has 0 unspecified atom stereocenters. The van der Waals surface area contributed by atoms with Gasteiger partial charge in [-0.15, -0.1) is 0 Å². The van der Waals surface area contributed by atoms with Crippen LogP contribution in [0.5, 0.6) is 0 Å². The zero-order valence-corrected chi connectivity index (χ0v) is 15.6. The van der Waals surface area contributed by atoms with E-state index < -0.39 is 11.8 Å². The number of esters is 1. The van der Waals surface area contributed by atoms with E-state index in [0.29, 0.717) is 15.6 Å². The maximum atomic E-state index is 14.4. The van der Waals surface area contributed by atoms with Gasteiger partial charge in [-0.3, -0.25) is 10.2 Å². The molecule has 3 rings (SSSR count). The van der Waals surface area contributed by atoms with Gasteiger partial charge >= 0.3 is 5.97 Å². The zero-order chi connectivity index (χ0) is 19.6. The summed E-state index contributed by atoms with van der Waals surface area (Å²) in [6.45, 7) is 3.35. The molecule has 0 saturated carbocycles. The maximum absolute atomic E-state index is 14.4. The second kappa shape index (κ2) is 7.90. The third-order valence-corrected chi connectivity index (χ3v) is 4.05. The fourth-order valence-electron chi connectivity index (χ4n) is 2.77. The van der Waals surface area contributed by atoms with Crippen molar-refractivity contribution in [3.63, 3.8) is 0 Å². The predicted octanol–water partition coefficient (Wildman–Crippen LogP) is 2.80. The molecule has 0 aromatic heterocycles. The van der Waals surface area contributed by atoms with E-state index in [0.717, 1.165) is 5.06 Å². The summed E-state index contributed by atoms with van der Waals surface area (Å²) in [5, 5.41) is 12.8. The highest BCUT2D eigenvalue weighted by Gasteiger charge is 2.20. The number of hydrogen-bond donors (Lipinski definition) is 1. The van der Waals surface area contributed by atoms with Gasteiger partial charge in [0.2, 0.25) is 0 Å². The predicted molar refractivity (Wildman–Crippen MR) is 98.9 cm³/mol. The van der Waals surface area contributed by atoms with Crippen LogP contribution in [-0.2, 0) is 9.53 Å². The van der Waals surface area contributed by atoms with E-state index in [9.17, 15) is 14.4 Å². The molecule has 0 aliphatic carbocycles. The molecule has 0 fully saturated rings. The van der Waals surface area contributed by atoms with Crippen molar-refractivity contribution in [3.05, 3.63) is 81.2 Å². The van der Waals surface area contributed by atoms with E-state index in [1.807, 2.05) is 0 Å². The highest BCUT2D eigenvalue weighted by molar-refractivity contribution is 6.30. The average Bonchev–Trinajstić information content (AvgIpc) is 2.70. The van der Waals surface area contributed by atoms with Crippen molar-refractivity contribution in [3.8, 4) is 0 Å². The fraction of sp³-hybridized carbons (Fsp3) is 0.200. The Labute approximate surface area is 160 Å². The molecular formula is C20H18ClFN2O3. The summed E-state index contributed by atoms with van der Waals surface area (Å²) in [6.07, 6.45) is 0.934. The largest absolute Gasteiger partial charge is 0.460 e. The van der Waals surface area contributed by atoms with Crippen LogP contribution >= 0.6 is 11.6 Å². The van der Waals surface area contributed by atoms with Crippen molar-refractivity contribution in [2.24, 2.45) is 4.99 Å². The normalized spacial score (nSPS) is 15.4. The van der Waals surface area contributed by atoms with Crippen LogP contribution in [0.15, 0.2) is 59.2 Å². The molecule has 1 N–H and O–H groups in total. The van der Waals surface area contributed by atoms with Crippen molar-refractivity contribution < 1.29 is 19.1 Å². The van der Waals surface area contributed by atoms with E-state index in [-0.39, 0.29) is 29.6 Å². The Kier molecular flexibility index (Phi) is 5.58. The van der Waals surface area contributed by atoms with Crippen LogP contribution in [0.25, 0.3) is 5.70 Å². The van der Waals surface area contributed by atoms with Crippen LogP contribution in [0.3, 0.4) is 0 Å². The Morgan fingerprint density at radius 2 is 2.07 bits per heavy atom. The summed E-state index contributed by atoms with van der Waals surface area (Å²) < 4.78 is 19.5. The van der Waals surface area contributed by atoms with E-state index in [1.165, 1.54) is 12.1 Å². The van der Waals surface area contributed by atoms with Crippen molar-refractivity contribution in [1.29, 1.82) is 0 Å². The van der Waals surface area contributed by atoms with Gasteiger partial charge in [0.15, 0.2) is 0 Å². The lowest BCUT2D eigenvalue weighted by Gasteiger charge is -2.20. The summed E-state index contributed by atoms with van der Waals surface area (Å²) in [6, 6.07) is 11.0. The summed E-state index contributed by atoms with van der Waals surface area (Å²) in [5.74, 6) is -1.06. The van der Waals surface area contributed by atoms with Gasteiger partial charge in [-0.05, 0) is 44.2 Å². The number of ether oxygens (including phenoxy) is 1. The van der Waals surface area contributed by atoms with Gasteiger partial charge in [0, 0.05) is 21.9 Å². The van der Waals surface area contributed by atoms with Gasteiger partial charge in [-0.1, -0.05) is 23.7 Å². The molecule has 140 valence electrons. The van der Waals surface area contributed by atoms with Crippen LogP contribution < -0.4 is 10.6 Å². The molecule has 0 saturated heterocycles. The van der Waals surface area contributed by atoms with E-state index in [1.54, 1.807) is 50.2 Å². The quantitative estimate of drug-likeness (QED) is 0.648. The topological polar surface area (TPSA) is 62.1 Å². The first-order valence-electron chi connectivity index (χ1n) is 8.36. The minimum absolute atomic E-state index is 0.122. The smallest absolute Gasteiger partial charge is 0.332 e. The molecule has 1 aliphatic rings. The third kappa shape index (κ3) is 4.35. The fourth-order valence-corrected chi connectivity index (χ4v) is 2.95. The van der Waals surface area contributed by atoms with E-state index in [4.69, 9.17) is 16.3 Å². The first-order chi connectivity index (χ1) is 12.8. The SMILES string of the molecule is CC(C)OC(=O)/C=C1/CN(O)C(c2ccccc2F)=c2cc(Cl)ccc2=N1. The first-order valence-corrected chi connectivity index (χ1v) is 8.74. The lowest BCUT2D eigenvalue weighted by atomic mass is 10.1. The molecular weight excluding hydrogens is 371 g/mol. The summed E-state index contributed by atoms with van der Waals surface area (Å²) >= 11 is 6.11. The van der Waals surface area contributed by atoms with Crippen LogP contribution in [0.4, 0.5) is 4.39 Å². The number of nitrogens with zero attached hydrogens (tertiary/aromatic N) is 2. The molecule has 0 atom stereocenters. The van der Waals surface area contributed by atoms with Gasteiger partial charge < -0.3 is 4.74 Å². The van der Waals surface area contributed by atoms with Gasteiger partial charge in [0.05, 0.1) is 29.4 Å². The Morgan fingerprint density at radius 3 is 2.78 bits per heavy atom. The molecule has 1 heterocycles. The van der Waals surface area contributed by atoms with Gasteiger partial charge in [-0.2, -0.15) is 0 Å². The van der Waals surface area contributed by atoms with Crippen molar-refractivity contribution >= 4 is 23.3 Å². The Balaban J connectivity index is 2.24. The lowest BCUT2D eigenvalue weighted by molar-refractivity contribution is -0.141. The van der Waals surface area contributed by atoms with Crippen LogP contribution in [0.1, 0.15) is 19.4 Å². The Bertz CT molecular complexity index is 1030. The second-order valence-electron chi connectivity index (χ2n) is 6.28. The second-order valence-corrected chi connectivity index (χ2v) is 6.72. The molecule has 0 bridgehead atoms. The standard InChI is InChI=1S/C20H18ClFN2O3/c1-12(2)27-19(25)10-14-11-24(26)20(15-5-3-4-6-17(15)22)16-9-13(21)7-8-18(16)23-14/h3-10,12,26H,11H2,1-2H3/b14-10-. The van der Waals surface area contributed by atoms with E-state index in [2.05, 4.69) is 4.99 Å². The monoisotopic (exact) mass is 388 g/mol. The first kappa shape index (κ1) is 19.1. The number of benzene rings is 2. The lowest BCUT2D eigenvalue weighted by Crippen LogP contribution is -2.32. The number of fused-ring (bicyclic) bond motifs is 1. The minimum atomic E-state index is -0.568. The molecule has 0 amide bonds.